The summed E-state index contributed by atoms with van der Waals surface area (Å²) in [5, 5.41) is 0.895. The van der Waals surface area contributed by atoms with E-state index in [0.29, 0.717) is 12.5 Å². The number of esters is 1. The summed E-state index contributed by atoms with van der Waals surface area (Å²) in [7, 11) is 0. The van der Waals surface area contributed by atoms with Crippen LogP contribution in [0.25, 0.3) is 0 Å². The lowest BCUT2D eigenvalue weighted by molar-refractivity contribution is -0.146. The third kappa shape index (κ3) is 2.37. The molecule has 0 N–H and O–H groups in total. The highest BCUT2D eigenvalue weighted by Gasteiger charge is 2.40. The van der Waals surface area contributed by atoms with Crippen LogP contribution in [-0.4, -0.2) is 11.0 Å². The van der Waals surface area contributed by atoms with Gasteiger partial charge in [-0.05, 0) is 26.2 Å². The SMILES string of the molecule is Cc1nc(COC(=O)[C@H]2C[C@H]2C)sc1C. The Balaban J connectivity index is 1.85. The van der Waals surface area contributed by atoms with Crippen LogP contribution >= 0.6 is 11.3 Å². The summed E-state index contributed by atoms with van der Waals surface area (Å²) in [6.45, 7) is 6.41. The zero-order chi connectivity index (χ0) is 11.0. The van der Waals surface area contributed by atoms with Gasteiger partial charge in [0, 0.05) is 4.88 Å². The number of carbonyl (C=O) groups excluding carboxylic acids is 1. The average molecular weight is 225 g/mol. The lowest BCUT2D eigenvalue weighted by atomic mass is 10.3. The molecule has 82 valence electrons. The maximum Gasteiger partial charge on any atom is 0.309 e. The van der Waals surface area contributed by atoms with E-state index in [2.05, 4.69) is 11.9 Å². The van der Waals surface area contributed by atoms with Gasteiger partial charge in [0.15, 0.2) is 0 Å². The van der Waals surface area contributed by atoms with Crippen molar-refractivity contribution in [3.63, 3.8) is 0 Å². The number of carbonyl (C=O) groups is 1. The quantitative estimate of drug-likeness (QED) is 0.742. The molecule has 0 unspecified atom stereocenters. The Labute approximate surface area is 93.5 Å². The van der Waals surface area contributed by atoms with Crippen molar-refractivity contribution in [2.24, 2.45) is 11.8 Å². The average Bonchev–Trinajstić information content (AvgIpc) is 2.82. The van der Waals surface area contributed by atoms with Gasteiger partial charge in [0.1, 0.15) is 11.6 Å². The van der Waals surface area contributed by atoms with Gasteiger partial charge in [-0.25, -0.2) is 4.98 Å². The molecule has 1 aliphatic carbocycles. The number of aryl methyl sites for hydroxylation is 2. The minimum absolute atomic E-state index is 0.0620. The van der Waals surface area contributed by atoms with Crippen molar-refractivity contribution >= 4 is 17.3 Å². The first kappa shape index (κ1) is 10.6. The molecule has 2 atom stereocenters. The normalized spacial score (nSPS) is 23.9. The standard InChI is InChI=1S/C11H15NO2S/c1-6-4-9(6)11(13)14-5-10-12-7(2)8(3)15-10/h6,9H,4-5H2,1-3H3/t6-,9+/m1/s1. The fraction of sp³-hybridized carbons (Fsp3) is 0.636. The fourth-order valence-electron chi connectivity index (χ4n) is 1.49. The van der Waals surface area contributed by atoms with E-state index >= 15 is 0 Å². The Bertz CT molecular complexity index is 366. The van der Waals surface area contributed by atoms with E-state index in [4.69, 9.17) is 4.74 Å². The number of hydrogen-bond donors (Lipinski definition) is 0. The van der Waals surface area contributed by atoms with Crippen molar-refractivity contribution in [2.45, 2.75) is 33.8 Å². The molecule has 1 fully saturated rings. The van der Waals surface area contributed by atoms with E-state index in [1.54, 1.807) is 11.3 Å². The summed E-state index contributed by atoms with van der Waals surface area (Å²) >= 11 is 1.60. The maximum atomic E-state index is 11.4. The molecule has 0 amide bonds. The molecule has 1 aromatic rings. The fourth-order valence-corrected chi connectivity index (χ4v) is 2.34. The first-order valence-electron chi connectivity index (χ1n) is 5.17. The second-order valence-electron chi connectivity index (χ2n) is 4.18. The Morgan fingerprint density at radius 2 is 2.27 bits per heavy atom. The van der Waals surface area contributed by atoms with Crippen LogP contribution in [0.5, 0.6) is 0 Å². The molecule has 0 aromatic carbocycles. The van der Waals surface area contributed by atoms with Gasteiger partial charge in [0.2, 0.25) is 0 Å². The summed E-state index contributed by atoms with van der Waals surface area (Å²) in [4.78, 5) is 17.0. The van der Waals surface area contributed by atoms with E-state index < -0.39 is 0 Å². The van der Waals surface area contributed by atoms with Crippen LogP contribution in [0, 0.1) is 25.7 Å². The third-order valence-corrected chi connectivity index (χ3v) is 3.87. The zero-order valence-electron chi connectivity index (χ0n) is 9.24. The van der Waals surface area contributed by atoms with Gasteiger partial charge >= 0.3 is 5.97 Å². The number of thiazole rings is 1. The van der Waals surface area contributed by atoms with Crippen molar-refractivity contribution in [3.8, 4) is 0 Å². The van der Waals surface area contributed by atoms with Crippen molar-refractivity contribution < 1.29 is 9.53 Å². The Morgan fingerprint density at radius 1 is 1.60 bits per heavy atom. The summed E-state index contributed by atoms with van der Waals surface area (Å²) in [6.07, 6.45) is 0.981. The van der Waals surface area contributed by atoms with Crippen molar-refractivity contribution in [2.75, 3.05) is 0 Å². The molecule has 1 heterocycles. The van der Waals surface area contributed by atoms with Crippen LogP contribution in [0.4, 0.5) is 0 Å². The van der Waals surface area contributed by atoms with Crippen molar-refractivity contribution in [1.82, 2.24) is 4.98 Å². The van der Waals surface area contributed by atoms with Crippen LogP contribution in [0.3, 0.4) is 0 Å². The molecule has 0 saturated heterocycles. The Kier molecular flexibility index (Phi) is 2.78. The molecule has 1 saturated carbocycles. The predicted octanol–water partition coefficient (Wildman–Crippen LogP) is 2.46. The molecule has 1 aliphatic rings. The zero-order valence-corrected chi connectivity index (χ0v) is 10.1. The third-order valence-electron chi connectivity index (χ3n) is 2.82. The highest BCUT2D eigenvalue weighted by Crippen LogP contribution is 2.38. The number of nitrogens with zero attached hydrogens (tertiary/aromatic N) is 1. The summed E-state index contributed by atoms with van der Waals surface area (Å²) < 4.78 is 5.20. The molecule has 0 aliphatic heterocycles. The number of ether oxygens (including phenoxy) is 1. The van der Waals surface area contributed by atoms with Crippen LogP contribution < -0.4 is 0 Å². The predicted molar refractivity (Wildman–Crippen MR) is 58.7 cm³/mol. The molecule has 0 radical (unpaired) electrons. The minimum atomic E-state index is -0.0620. The van der Waals surface area contributed by atoms with E-state index in [9.17, 15) is 4.79 Å². The molecular weight excluding hydrogens is 210 g/mol. The monoisotopic (exact) mass is 225 g/mol. The highest BCUT2D eigenvalue weighted by atomic mass is 32.1. The molecule has 0 spiro atoms. The largest absolute Gasteiger partial charge is 0.458 e. The first-order valence-corrected chi connectivity index (χ1v) is 5.99. The van der Waals surface area contributed by atoms with Gasteiger partial charge in [-0.1, -0.05) is 6.92 Å². The first-order chi connectivity index (χ1) is 7.08. The van der Waals surface area contributed by atoms with Gasteiger partial charge in [0.05, 0.1) is 11.6 Å². The maximum absolute atomic E-state index is 11.4. The molecule has 3 nitrogen and oxygen atoms in total. The summed E-state index contributed by atoms with van der Waals surface area (Å²) in [5.74, 6) is 0.595. The summed E-state index contributed by atoms with van der Waals surface area (Å²) in [6, 6.07) is 0. The van der Waals surface area contributed by atoms with E-state index in [-0.39, 0.29) is 11.9 Å². The molecule has 15 heavy (non-hydrogen) atoms. The van der Waals surface area contributed by atoms with Gasteiger partial charge in [-0.3, -0.25) is 4.79 Å². The highest BCUT2D eigenvalue weighted by molar-refractivity contribution is 7.11. The number of hydrogen-bond acceptors (Lipinski definition) is 4. The second kappa shape index (κ2) is 3.93. The van der Waals surface area contributed by atoms with E-state index in [1.807, 2.05) is 13.8 Å². The number of aromatic nitrogens is 1. The molecular formula is C11H15NO2S. The minimum Gasteiger partial charge on any atom is -0.458 e. The van der Waals surface area contributed by atoms with E-state index in [0.717, 1.165) is 17.1 Å². The molecule has 0 bridgehead atoms. The Morgan fingerprint density at radius 3 is 2.73 bits per heavy atom. The topological polar surface area (TPSA) is 39.2 Å². The van der Waals surface area contributed by atoms with Gasteiger partial charge in [0.25, 0.3) is 0 Å². The van der Waals surface area contributed by atoms with Gasteiger partial charge in [-0.2, -0.15) is 0 Å². The van der Waals surface area contributed by atoms with Crippen molar-refractivity contribution in [1.29, 1.82) is 0 Å². The lowest BCUT2D eigenvalue weighted by Crippen LogP contribution is -2.07. The summed E-state index contributed by atoms with van der Waals surface area (Å²) in [5.41, 5.74) is 1.03. The van der Waals surface area contributed by atoms with Gasteiger partial charge < -0.3 is 4.74 Å². The van der Waals surface area contributed by atoms with Crippen LogP contribution in [-0.2, 0) is 16.1 Å². The lowest BCUT2D eigenvalue weighted by Gasteiger charge is -2.00. The van der Waals surface area contributed by atoms with Crippen molar-refractivity contribution in [3.05, 3.63) is 15.6 Å². The Hall–Kier alpha value is -0.900. The van der Waals surface area contributed by atoms with Crippen LogP contribution in [0.15, 0.2) is 0 Å². The second-order valence-corrected chi connectivity index (χ2v) is 5.46. The number of rotatable bonds is 3. The van der Waals surface area contributed by atoms with E-state index in [1.165, 1.54) is 4.88 Å². The van der Waals surface area contributed by atoms with Crippen LogP contribution in [0.1, 0.15) is 28.9 Å². The molecule has 2 rings (SSSR count). The van der Waals surface area contributed by atoms with Crippen LogP contribution in [0.2, 0.25) is 0 Å². The van der Waals surface area contributed by atoms with Gasteiger partial charge in [-0.15, -0.1) is 11.3 Å². The molecule has 1 aromatic heterocycles. The smallest absolute Gasteiger partial charge is 0.309 e. The molecule has 4 heteroatoms.